The lowest BCUT2D eigenvalue weighted by Gasteiger charge is -2.14. The number of hydrogen-bond donors (Lipinski definition) is 2. The van der Waals surface area contributed by atoms with E-state index in [9.17, 15) is 26.4 Å². The molecule has 2 N–H and O–H groups in total. The van der Waals surface area contributed by atoms with E-state index in [0.29, 0.717) is 5.56 Å². The fraction of sp³-hybridized carbons (Fsp3) is 0.263. The van der Waals surface area contributed by atoms with Crippen molar-refractivity contribution in [3.05, 3.63) is 46.6 Å². The lowest BCUT2D eigenvalue weighted by molar-refractivity contribution is -0.140. The van der Waals surface area contributed by atoms with Gasteiger partial charge in [-0.05, 0) is 46.5 Å². The number of carbonyl (C=O) groups is 1. The lowest BCUT2D eigenvalue weighted by Crippen LogP contribution is -2.28. The largest absolute Gasteiger partial charge is 0.455 e. The maximum absolute atomic E-state index is 13.1. The van der Waals surface area contributed by atoms with Crippen LogP contribution in [0.1, 0.15) is 5.76 Å². The van der Waals surface area contributed by atoms with Gasteiger partial charge >= 0.3 is 12.1 Å². The predicted octanol–water partition coefficient (Wildman–Crippen LogP) is 4.45. The molecule has 0 radical (unpaired) electrons. The van der Waals surface area contributed by atoms with Gasteiger partial charge in [-0.25, -0.2) is 8.42 Å². The summed E-state index contributed by atoms with van der Waals surface area (Å²) in [4.78, 5) is 11.8. The van der Waals surface area contributed by atoms with E-state index in [-0.39, 0.29) is 28.1 Å². The molecule has 0 aliphatic heterocycles. The van der Waals surface area contributed by atoms with Gasteiger partial charge < -0.3 is 14.5 Å². The van der Waals surface area contributed by atoms with Crippen molar-refractivity contribution in [3.63, 3.8) is 0 Å². The first-order valence-electron chi connectivity index (χ1n) is 8.69. The lowest BCUT2D eigenvalue weighted by atomic mass is 10.2. The van der Waals surface area contributed by atoms with Gasteiger partial charge in [0, 0.05) is 11.8 Å². The number of benzene rings is 1. The van der Waals surface area contributed by atoms with Crippen molar-refractivity contribution in [1.29, 1.82) is 5.41 Å². The van der Waals surface area contributed by atoms with Crippen LogP contribution in [0.5, 0.6) is 0 Å². The van der Waals surface area contributed by atoms with E-state index in [4.69, 9.17) is 14.6 Å². The molecular weight excluding hydrogens is 537 g/mol. The van der Waals surface area contributed by atoms with E-state index in [1.165, 1.54) is 42.1 Å². The third-order valence-electron chi connectivity index (χ3n) is 3.87. The molecule has 2 aromatic rings. The van der Waals surface area contributed by atoms with Crippen LogP contribution in [-0.2, 0) is 19.4 Å². The van der Waals surface area contributed by atoms with Gasteiger partial charge in [-0.15, -0.1) is 11.8 Å². The molecule has 7 nitrogen and oxygen atoms in total. The molecule has 0 aliphatic rings. The topological polar surface area (TPSA) is 109 Å². The molecule has 0 amide bonds. The number of alkyl halides is 3. The molecule has 2 rings (SSSR count). The predicted molar refractivity (Wildman–Crippen MR) is 119 cm³/mol. The van der Waals surface area contributed by atoms with Gasteiger partial charge in [0.25, 0.3) is 0 Å². The molecule has 1 aromatic heterocycles. The summed E-state index contributed by atoms with van der Waals surface area (Å²) in [6.07, 6.45) is -2.21. The molecule has 1 aromatic carbocycles. The molecule has 0 saturated carbocycles. The van der Waals surface area contributed by atoms with Crippen molar-refractivity contribution in [2.75, 3.05) is 25.0 Å². The van der Waals surface area contributed by atoms with Gasteiger partial charge in [0.1, 0.15) is 18.2 Å². The van der Waals surface area contributed by atoms with Crippen LogP contribution in [0.3, 0.4) is 0 Å². The SMILES string of the molecule is CSCOC(=O)CN/C(=C(/Br)C(=N)C(F)(F)F)c1ccc(-c2cccc(S(C)(=O)=O)c2)o1. The first-order valence-corrected chi connectivity index (χ1v) is 12.8. The van der Waals surface area contributed by atoms with Crippen LogP contribution in [0.2, 0.25) is 0 Å². The number of thioether (sulfide) groups is 1. The number of hydrogen-bond acceptors (Lipinski definition) is 8. The molecule has 0 fully saturated rings. The second kappa shape index (κ2) is 10.6. The average molecular weight is 555 g/mol. The van der Waals surface area contributed by atoms with Crippen molar-refractivity contribution in [1.82, 2.24) is 5.32 Å². The number of halogens is 4. The van der Waals surface area contributed by atoms with Crippen molar-refractivity contribution < 1.29 is 35.5 Å². The maximum atomic E-state index is 13.1. The van der Waals surface area contributed by atoms with Crippen LogP contribution in [-0.4, -0.2) is 51.3 Å². The van der Waals surface area contributed by atoms with Crippen LogP contribution < -0.4 is 5.32 Å². The van der Waals surface area contributed by atoms with Gasteiger partial charge in [0.05, 0.1) is 15.1 Å². The first-order chi connectivity index (χ1) is 14.8. The van der Waals surface area contributed by atoms with Crippen LogP contribution in [0.25, 0.3) is 17.0 Å². The van der Waals surface area contributed by atoms with Crippen LogP contribution >= 0.6 is 27.7 Å². The number of allylic oxidation sites excluding steroid dienone is 1. The highest BCUT2D eigenvalue weighted by molar-refractivity contribution is 9.12. The molecule has 0 aliphatic carbocycles. The Kier molecular flexibility index (Phi) is 8.60. The monoisotopic (exact) mass is 554 g/mol. The summed E-state index contributed by atoms with van der Waals surface area (Å²) in [5, 5.41) is 9.91. The molecule has 1 heterocycles. The smallest absolute Gasteiger partial charge is 0.433 e. The molecule has 13 heteroatoms. The second-order valence-corrected chi connectivity index (χ2v) is 9.92. The Morgan fingerprint density at radius 2 is 1.97 bits per heavy atom. The van der Waals surface area contributed by atoms with E-state index >= 15 is 0 Å². The second-order valence-electron chi connectivity index (χ2n) is 6.30. The van der Waals surface area contributed by atoms with Gasteiger partial charge in [-0.1, -0.05) is 12.1 Å². The number of nitrogens with one attached hydrogen (secondary N) is 2. The minimum absolute atomic E-state index is 0.0402. The summed E-state index contributed by atoms with van der Waals surface area (Å²) in [6, 6.07) is 8.60. The Balaban J connectivity index is 2.44. The fourth-order valence-corrected chi connectivity index (χ4v) is 3.84. The normalized spacial score (nSPS) is 12.8. The highest BCUT2D eigenvalue weighted by Crippen LogP contribution is 2.32. The number of sulfone groups is 1. The van der Waals surface area contributed by atoms with Crippen LogP contribution in [0.4, 0.5) is 13.2 Å². The molecule has 0 spiro atoms. The highest BCUT2D eigenvalue weighted by atomic mass is 79.9. The zero-order chi connectivity index (χ0) is 24.1. The molecule has 32 heavy (non-hydrogen) atoms. The minimum atomic E-state index is -4.95. The van der Waals surface area contributed by atoms with Crippen molar-refractivity contribution >= 4 is 54.9 Å². The van der Waals surface area contributed by atoms with Gasteiger partial charge in [-0.3, -0.25) is 10.2 Å². The fourth-order valence-electron chi connectivity index (χ4n) is 2.37. The first kappa shape index (κ1) is 26.0. The van der Waals surface area contributed by atoms with E-state index < -0.39 is 38.7 Å². The van der Waals surface area contributed by atoms with E-state index in [1.807, 2.05) is 0 Å². The highest BCUT2D eigenvalue weighted by Gasteiger charge is 2.38. The summed E-state index contributed by atoms with van der Waals surface area (Å²) in [6.45, 7) is -0.476. The number of esters is 1. The molecule has 0 atom stereocenters. The average Bonchev–Trinajstić information content (AvgIpc) is 3.20. The zero-order valence-electron chi connectivity index (χ0n) is 16.7. The van der Waals surface area contributed by atoms with E-state index in [0.717, 1.165) is 6.26 Å². The van der Waals surface area contributed by atoms with Crippen molar-refractivity contribution in [2.45, 2.75) is 11.1 Å². The molecule has 0 saturated heterocycles. The standard InChI is InChI=1S/C19H18BrF3N2O5S2/c1-31-10-29-15(26)9-25-17(16(20)18(24)19(21,22)23)14-7-6-13(30-14)11-4-3-5-12(8-11)32(2,27)28/h3-8,24-25H,9-10H2,1-2H3/b17-16+,24-18?. The van der Waals surface area contributed by atoms with E-state index in [2.05, 4.69) is 21.2 Å². The van der Waals surface area contributed by atoms with Crippen molar-refractivity contribution in [2.24, 2.45) is 0 Å². The summed E-state index contributed by atoms with van der Waals surface area (Å²) in [7, 11) is -3.49. The molecule has 0 bridgehead atoms. The Morgan fingerprint density at radius 3 is 2.56 bits per heavy atom. The Bertz CT molecular complexity index is 1140. The number of furan rings is 1. The third kappa shape index (κ3) is 6.87. The van der Waals surface area contributed by atoms with Gasteiger partial charge in [0.2, 0.25) is 0 Å². The van der Waals surface area contributed by atoms with Crippen LogP contribution in [0.15, 0.2) is 50.2 Å². The van der Waals surface area contributed by atoms with Crippen LogP contribution in [0, 0.1) is 5.41 Å². The Morgan fingerprint density at radius 1 is 1.28 bits per heavy atom. The quantitative estimate of drug-likeness (QED) is 0.267. The molecular formula is C19H18BrF3N2O5S2. The Hall–Kier alpha value is -2.25. The molecule has 174 valence electrons. The summed E-state index contributed by atoms with van der Waals surface area (Å²) < 4.78 is 72.6. The summed E-state index contributed by atoms with van der Waals surface area (Å²) in [5.74, 6) is -0.582. The van der Waals surface area contributed by atoms with E-state index in [1.54, 1.807) is 12.3 Å². The van der Waals surface area contributed by atoms with Gasteiger partial charge in [-0.2, -0.15) is 13.2 Å². The summed E-state index contributed by atoms with van der Waals surface area (Å²) in [5.41, 5.74) is -1.60. The maximum Gasteiger partial charge on any atom is 0.433 e. The number of ether oxygens (including phenoxy) is 1. The van der Waals surface area contributed by atoms with Gasteiger partial charge in [0.15, 0.2) is 21.3 Å². The Labute approximate surface area is 195 Å². The molecule has 0 unspecified atom stereocenters. The third-order valence-corrected chi connectivity index (χ3v) is 6.13. The zero-order valence-corrected chi connectivity index (χ0v) is 20.0. The van der Waals surface area contributed by atoms with Crippen molar-refractivity contribution in [3.8, 4) is 11.3 Å². The summed E-state index contributed by atoms with van der Waals surface area (Å²) >= 11 is 4.01. The minimum Gasteiger partial charge on any atom is -0.455 e. The number of carbonyl (C=O) groups excluding carboxylic acids is 1. The number of rotatable bonds is 9.